The Morgan fingerprint density at radius 3 is 2.55 bits per heavy atom. The lowest BCUT2D eigenvalue weighted by Gasteiger charge is -2.21. The summed E-state index contributed by atoms with van der Waals surface area (Å²) in [7, 11) is -3.71. The minimum Gasteiger partial charge on any atom is -0.482 e. The Morgan fingerprint density at radius 1 is 1.35 bits per heavy atom. The third-order valence-corrected chi connectivity index (χ3v) is 3.27. The molecule has 0 aliphatic carbocycles. The fraction of sp³-hybridized carbons (Fsp3) is 0.417. The zero-order valence-corrected chi connectivity index (χ0v) is 12.3. The Hall–Kier alpha value is -1.80. The maximum atomic E-state index is 11.8. The summed E-state index contributed by atoms with van der Waals surface area (Å²) in [6, 6.07) is 6.05. The highest BCUT2D eigenvalue weighted by molar-refractivity contribution is 7.90. The highest BCUT2D eigenvalue weighted by Gasteiger charge is 2.19. The van der Waals surface area contributed by atoms with E-state index in [-0.39, 0.29) is 11.4 Å². The molecule has 0 unspecified atom stereocenters. The molecule has 1 aromatic rings. The molecule has 112 valence electrons. The van der Waals surface area contributed by atoms with Gasteiger partial charge in [-0.15, -0.1) is 0 Å². The molecule has 0 saturated heterocycles. The van der Waals surface area contributed by atoms with Gasteiger partial charge in [0, 0.05) is 11.6 Å². The number of nitrogens with one attached hydrogen (secondary N) is 2. The van der Waals surface area contributed by atoms with Crippen LogP contribution in [0.2, 0.25) is 0 Å². The molecule has 0 heterocycles. The summed E-state index contributed by atoms with van der Waals surface area (Å²) >= 11 is 0. The van der Waals surface area contributed by atoms with Crippen molar-refractivity contribution in [1.29, 1.82) is 0 Å². The maximum Gasteiger partial charge on any atom is 0.341 e. The summed E-state index contributed by atoms with van der Waals surface area (Å²) in [6.07, 6.45) is 0. The van der Waals surface area contributed by atoms with Gasteiger partial charge in [0.05, 0.1) is 5.69 Å². The molecule has 0 bridgehead atoms. The highest BCUT2D eigenvalue weighted by Crippen LogP contribution is 2.18. The lowest BCUT2D eigenvalue weighted by atomic mass is 10.1. The van der Waals surface area contributed by atoms with Crippen LogP contribution in [0.1, 0.15) is 20.8 Å². The van der Waals surface area contributed by atoms with Crippen LogP contribution >= 0.6 is 0 Å². The lowest BCUT2D eigenvalue weighted by Crippen LogP contribution is -2.43. The van der Waals surface area contributed by atoms with E-state index in [0.717, 1.165) is 0 Å². The van der Waals surface area contributed by atoms with Gasteiger partial charge < -0.3 is 9.84 Å². The molecular weight excluding hydrogens is 284 g/mol. The van der Waals surface area contributed by atoms with Gasteiger partial charge in [-0.1, -0.05) is 6.07 Å². The fourth-order valence-corrected chi connectivity index (χ4v) is 2.67. The molecule has 7 nitrogen and oxygen atoms in total. The molecule has 0 saturated carbocycles. The normalized spacial score (nSPS) is 11.9. The number of rotatable bonds is 6. The third kappa shape index (κ3) is 6.39. The number of aliphatic carboxylic acids is 1. The Bertz CT molecular complexity index is 578. The molecule has 0 aromatic heterocycles. The Balaban J connectivity index is 2.78. The average molecular weight is 302 g/mol. The number of carboxylic acid groups (broad SMARTS) is 1. The Kier molecular flexibility index (Phi) is 4.96. The van der Waals surface area contributed by atoms with E-state index in [1.807, 2.05) is 0 Å². The van der Waals surface area contributed by atoms with Gasteiger partial charge in [0.1, 0.15) is 5.75 Å². The summed E-state index contributed by atoms with van der Waals surface area (Å²) in [4.78, 5) is 10.4. The number of hydrogen-bond donors (Lipinski definition) is 3. The van der Waals surface area contributed by atoms with E-state index in [1.165, 1.54) is 18.2 Å². The number of carbonyl (C=O) groups is 1. The van der Waals surface area contributed by atoms with Gasteiger partial charge in [-0.25, -0.2) is 4.79 Å². The molecule has 0 fully saturated rings. The quantitative estimate of drug-likeness (QED) is 0.732. The van der Waals surface area contributed by atoms with Crippen molar-refractivity contribution in [2.24, 2.45) is 0 Å². The molecule has 1 aromatic carbocycles. The first-order chi connectivity index (χ1) is 9.07. The maximum absolute atomic E-state index is 11.8. The molecule has 20 heavy (non-hydrogen) atoms. The minimum absolute atomic E-state index is 0.267. The van der Waals surface area contributed by atoms with Crippen molar-refractivity contribution in [3.63, 3.8) is 0 Å². The van der Waals surface area contributed by atoms with E-state index >= 15 is 0 Å². The SMILES string of the molecule is CC(C)(C)NS(=O)(=O)Nc1cccc(OCC(=O)O)c1. The van der Waals surface area contributed by atoms with Gasteiger partial charge in [0.15, 0.2) is 6.61 Å². The summed E-state index contributed by atoms with van der Waals surface area (Å²) in [6.45, 7) is 4.67. The van der Waals surface area contributed by atoms with Gasteiger partial charge in [-0.3, -0.25) is 4.72 Å². The first kappa shape index (κ1) is 16.3. The van der Waals surface area contributed by atoms with E-state index in [2.05, 4.69) is 9.44 Å². The standard InChI is InChI=1S/C12H18N2O5S/c1-12(2,3)14-20(17,18)13-9-5-4-6-10(7-9)19-8-11(15)16/h4-7,13-14H,8H2,1-3H3,(H,15,16). The van der Waals surface area contributed by atoms with E-state index in [0.29, 0.717) is 0 Å². The largest absolute Gasteiger partial charge is 0.482 e. The van der Waals surface area contributed by atoms with Gasteiger partial charge in [-0.2, -0.15) is 13.1 Å². The molecular formula is C12H18N2O5S. The third-order valence-electron chi connectivity index (χ3n) is 1.89. The first-order valence-electron chi connectivity index (χ1n) is 5.84. The van der Waals surface area contributed by atoms with Gasteiger partial charge in [-0.05, 0) is 32.9 Å². The molecule has 0 aliphatic heterocycles. The number of ether oxygens (including phenoxy) is 1. The Morgan fingerprint density at radius 2 is 2.00 bits per heavy atom. The van der Waals surface area contributed by atoms with E-state index in [9.17, 15) is 13.2 Å². The average Bonchev–Trinajstić information content (AvgIpc) is 2.22. The zero-order chi connectivity index (χ0) is 15.4. The molecule has 3 N–H and O–H groups in total. The highest BCUT2D eigenvalue weighted by atomic mass is 32.2. The van der Waals surface area contributed by atoms with E-state index < -0.39 is 28.3 Å². The van der Waals surface area contributed by atoms with Crippen molar-refractivity contribution in [2.75, 3.05) is 11.3 Å². The van der Waals surface area contributed by atoms with Gasteiger partial charge in [0.2, 0.25) is 0 Å². The second kappa shape index (κ2) is 6.10. The molecule has 8 heteroatoms. The van der Waals surface area contributed by atoms with Crippen molar-refractivity contribution >= 4 is 21.9 Å². The van der Waals surface area contributed by atoms with Gasteiger partial charge in [0.25, 0.3) is 10.2 Å². The van der Waals surface area contributed by atoms with Gasteiger partial charge >= 0.3 is 5.97 Å². The molecule has 0 atom stereocenters. The van der Waals surface area contributed by atoms with E-state index in [1.54, 1.807) is 26.8 Å². The van der Waals surface area contributed by atoms with Crippen molar-refractivity contribution in [1.82, 2.24) is 4.72 Å². The second-order valence-corrected chi connectivity index (χ2v) is 6.58. The zero-order valence-electron chi connectivity index (χ0n) is 11.5. The van der Waals surface area contributed by atoms with Crippen molar-refractivity contribution in [3.8, 4) is 5.75 Å². The lowest BCUT2D eigenvalue weighted by molar-refractivity contribution is -0.139. The molecule has 0 radical (unpaired) electrons. The molecule has 0 aliphatic rings. The van der Waals surface area contributed by atoms with Crippen molar-refractivity contribution in [3.05, 3.63) is 24.3 Å². The molecule has 1 rings (SSSR count). The molecule has 0 amide bonds. The van der Waals surface area contributed by atoms with Crippen LogP contribution in [0, 0.1) is 0 Å². The van der Waals surface area contributed by atoms with Crippen LogP contribution in [-0.2, 0) is 15.0 Å². The first-order valence-corrected chi connectivity index (χ1v) is 7.32. The fourth-order valence-electron chi connectivity index (χ4n) is 1.38. The summed E-state index contributed by atoms with van der Waals surface area (Å²) in [5.74, 6) is -0.839. The number of benzene rings is 1. The van der Waals surface area contributed by atoms with Crippen LogP contribution in [0.4, 0.5) is 5.69 Å². The monoisotopic (exact) mass is 302 g/mol. The Labute approximate surface area is 118 Å². The summed E-state index contributed by atoms with van der Waals surface area (Å²) in [5.41, 5.74) is -0.326. The topological polar surface area (TPSA) is 105 Å². The smallest absolute Gasteiger partial charge is 0.341 e. The van der Waals surface area contributed by atoms with Crippen molar-refractivity contribution in [2.45, 2.75) is 26.3 Å². The summed E-state index contributed by atoms with van der Waals surface area (Å²) < 4.78 is 33.4. The van der Waals surface area contributed by atoms with Crippen LogP contribution in [-0.4, -0.2) is 31.6 Å². The van der Waals surface area contributed by atoms with E-state index in [4.69, 9.17) is 9.84 Å². The number of anilines is 1. The van der Waals surface area contributed by atoms with Crippen molar-refractivity contribution < 1.29 is 23.1 Å². The van der Waals surface area contributed by atoms with Crippen LogP contribution < -0.4 is 14.2 Å². The molecule has 0 spiro atoms. The number of hydrogen-bond acceptors (Lipinski definition) is 4. The summed E-state index contributed by atoms with van der Waals surface area (Å²) in [5, 5.41) is 8.51. The predicted molar refractivity (Wildman–Crippen MR) is 75.0 cm³/mol. The van der Waals surface area contributed by atoms with Crippen LogP contribution in [0.5, 0.6) is 5.75 Å². The predicted octanol–water partition coefficient (Wildman–Crippen LogP) is 1.19. The second-order valence-electron chi connectivity index (χ2n) is 5.17. The van der Waals surface area contributed by atoms with Crippen LogP contribution in [0.25, 0.3) is 0 Å². The minimum atomic E-state index is -3.71. The van der Waals surface area contributed by atoms with Crippen LogP contribution in [0.15, 0.2) is 24.3 Å². The van der Waals surface area contributed by atoms with Crippen LogP contribution in [0.3, 0.4) is 0 Å². The number of carboxylic acids is 1.